The van der Waals surface area contributed by atoms with Crippen LogP contribution in [0.15, 0.2) is 0 Å². The molecule has 15 heavy (non-hydrogen) atoms. The van der Waals surface area contributed by atoms with Crippen molar-refractivity contribution in [2.75, 3.05) is 26.2 Å². The summed E-state index contributed by atoms with van der Waals surface area (Å²) in [5.41, 5.74) is -0.112. The van der Waals surface area contributed by atoms with Gasteiger partial charge in [0.1, 0.15) is 6.61 Å². The van der Waals surface area contributed by atoms with Gasteiger partial charge in [-0.25, -0.2) is 0 Å². The second kappa shape index (κ2) is 4.10. The van der Waals surface area contributed by atoms with E-state index in [-0.39, 0.29) is 18.1 Å². The highest BCUT2D eigenvalue weighted by Gasteiger charge is 2.35. The molecule has 0 atom stereocenters. The first-order valence-corrected chi connectivity index (χ1v) is 5.79. The largest absolute Gasteiger partial charge is 0.363 e. The highest BCUT2D eigenvalue weighted by Crippen LogP contribution is 2.26. The van der Waals surface area contributed by atoms with Gasteiger partial charge in [0.2, 0.25) is 5.91 Å². The fraction of sp³-hybridized carbons (Fsp3) is 0.909. The molecule has 1 amide bonds. The molecule has 0 bridgehead atoms. The molecule has 0 spiro atoms. The Balaban J connectivity index is 1.75. The molecule has 4 heteroatoms. The smallest absolute Gasteiger partial charge is 0.248 e. The maximum atomic E-state index is 11.8. The molecule has 1 saturated heterocycles. The zero-order chi connectivity index (χ0) is 10.9. The third kappa shape index (κ3) is 2.49. The van der Waals surface area contributed by atoms with Gasteiger partial charge in [-0.05, 0) is 26.7 Å². The summed E-state index contributed by atoms with van der Waals surface area (Å²) >= 11 is 0. The fourth-order valence-electron chi connectivity index (χ4n) is 1.92. The molecule has 0 radical (unpaired) electrons. The summed E-state index contributed by atoms with van der Waals surface area (Å²) in [6, 6.07) is 0.499. The Kier molecular flexibility index (Phi) is 2.98. The van der Waals surface area contributed by atoms with Crippen molar-refractivity contribution in [3.8, 4) is 0 Å². The van der Waals surface area contributed by atoms with Crippen LogP contribution in [0.3, 0.4) is 0 Å². The summed E-state index contributed by atoms with van der Waals surface area (Å²) in [5, 5.41) is 3.15. The molecular weight excluding hydrogens is 192 g/mol. The molecule has 1 aliphatic carbocycles. The minimum absolute atomic E-state index is 0.112. The zero-order valence-corrected chi connectivity index (χ0v) is 9.58. The van der Waals surface area contributed by atoms with Gasteiger partial charge in [0, 0.05) is 25.7 Å². The first-order valence-electron chi connectivity index (χ1n) is 5.79. The summed E-state index contributed by atoms with van der Waals surface area (Å²) in [5.74, 6) is 0.146. The van der Waals surface area contributed by atoms with E-state index in [0.717, 1.165) is 19.6 Å². The van der Waals surface area contributed by atoms with Gasteiger partial charge in [-0.2, -0.15) is 0 Å². The van der Waals surface area contributed by atoms with Gasteiger partial charge in [-0.15, -0.1) is 0 Å². The van der Waals surface area contributed by atoms with Crippen LogP contribution < -0.4 is 5.32 Å². The molecule has 0 aromatic carbocycles. The maximum absolute atomic E-state index is 11.8. The van der Waals surface area contributed by atoms with Crippen LogP contribution in [-0.2, 0) is 9.53 Å². The summed E-state index contributed by atoms with van der Waals surface area (Å²) in [6.45, 7) is 6.84. The molecule has 2 rings (SSSR count). The number of nitrogens with zero attached hydrogens (tertiary/aromatic N) is 1. The number of rotatable bonds is 5. The minimum atomic E-state index is -0.112. The van der Waals surface area contributed by atoms with E-state index in [2.05, 4.69) is 5.32 Å². The van der Waals surface area contributed by atoms with Gasteiger partial charge in [0.15, 0.2) is 0 Å². The Morgan fingerprint density at radius 1 is 1.53 bits per heavy atom. The number of nitrogens with one attached hydrogen (secondary N) is 1. The maximum Gasteiger partial charge on any atom is 0.248 e. The highest BCUT2D eigenvalue weighted by atomic mass is 16.5. The third-order valence-corrected chi connectivity index (χ3v) is 3.19. The average molecular weight is 212 g/mol. The van der Waals surface area contributed by atoms with E-state index in [9.17, 15) is 4.79 Å². The number of amides is 1. The van der Waals surface area contributed by atoms with Crippen LogP contribution in [0.1, 0.15) is 26.7 Å². The van der Waals surface area contributed by atoms with Gasteiger partial charge in [0.25, 0.3) is 0 Å². The molecule has 4 nitrogen and oxygen atoms in total. The summed E-state index contributed by atoms with van der Waals surface area (Å²) in [7, 11) is 0. The Labute approximate surface area is 91.0 Å². The van der Waals surface area contributed by atoms with Crippen molar-refractivity contribution in [1.29, 1.82) is 0 Å². The van der Waals surface area contributed by atoms with Crippen LogP contribution in [0.5, 0.6) is 0 Å². The molecule has 1 heterocycles. The molecular formula is C11H20N2O2. The molecule has 2 fully saturated rings. The van der Waals surface area contributed by atoms with Crippen molar-refractivity contribution in [3.05, 3.63) is 0 Å². The van der Waals surface area contributed by atoms with Gasteiger partial charge < -0.3 is 15.0 Å². The standard InChI is InChI=1S/C11H20N2O2/c1-3-13(9-4-5-9)10(14)6-15-11(2)7-12-8-11/h9,12H,3-8H2,1-2H3. The van der Waals surface area contributed by atoms with Gasteiger partial charge in [-0.3, -0.25) is 4.79 Å². The normalized spacial score (nSPS) is 23.3. The summed E-state index contributed by atoms with van der Waals surface area (Å²) < 4.78 is 5.63. The fourth-order valence-corrected chi connectivity index (χ4v) is 1.92. The topological polar surface area (TPSA) is 41.6 Å². The lowest BCUT2D eigenvalue weighted by Gasteiger charge is -2.39. The van der Waals surface area contributed by atoms with Gasteiger partial charge in [0.05, 0.1) is 5.60 Å². The number of hydrogen-bond donors (Lipinski definition) is 1. The van der Waals surface area contributed by atoms with Crippen molar-refractivity contribution in [1.82, 2.24) is 10.2 Å². The third-order valence-electron chi connectivity index (χ3n) is 3.19. The predicted octanol–water partition coefficient (Wildman–Crippen LogP) is 0.376. The second-order valence-corrected chi connectivity index (χ2v) is 4.75. The van der Waals surface area contributed by atoms with E-state index < -0.39 is 0 Å². The predicted molar refractivity (Wildman–Crippen MR) is 57.6 cm³/mol. The van der Waals surface area contributed by atoms with Crippen molar-refractivity contribution in [2.24, 2.45) is 0 Å². The lowest BCUT2D eigenvalue weighted by Crippen LogP contribution is -2.59. The second-order valence-electron chi connectivity index (χ2n) is 4.75. The van der Waals surface area contributed by atoms with Gasteiger partial charge >= 0.3 is 0 Å². The number of carbonyl (C=O) groups is 1. The van der Waals surface area contributed by atoms with Crippen molar-refractivity contribution >= 4 is 5.91 Å². The molecule has 1 N–H and O–H groups in total. The summed E-state index contributed by atoms with van der Waals surface area (Å²) in [6.07, 6.45) is 2.33. The number of ether oxygens (including phenoxy) is 1. The Morgan fingerprint density at radius 3 is 2.60 bits per heavy atom. The molecule has 2 aliphatic rings. The monoisotopic (exact) mass is 212 g/mol. The Hall–Kier alpha value is -0.610. The first-order chi connectivity index (χ1) is 7.14. The molecule has 86 valence electrons. The van der Waals surface area contributed by atoms with Crippen LogP contribution in [-0.4, -0.2) is 48.7 Å². The minimum Gasteiger partial charge on any atom is -0.363 e. The zero-order valence-electron chi connectivity index (χ0n) is 9.58. The molecule has 1 saturated carbocycles. The summed E-state index contributed by atoms with van der Waals surface area (Å²) in [4.78, 5) is 13.8. The van der Waals surface area contributed by atoms with Crippen LogP contribution in [0.4, 0.5) is 0 Å². The van der Waals surface area contributed by atoms with Gasteiger partial charge in [-0.1, -0.05) is 0 Å². The highest BCUT2D eigenvalue weighted by molar-refractivity contribution is 5.78. The van der Waals surface area contributed by atoms with Crippen LogP contribution in [0.25, 0.3) is 0 Å². The molecule has 0 aromatic heterocycles. The lowest BCUT2D eigenvalue weighted by molar-refractivity contribution is -0.146. The molecule has 0 unspecified atom stereocenters. The van der Waals surface area contributed by atoms with Crippen molar-refractivity contribution in [2.45, 2.75) is 38.3 Å². The quantitative estimate of drug-likeness (QED) is 0.716. The Bertz CT molecular complexity index is 247. The van der Waals surface area contributed by atoms with E-state index >= 15 is 0 Å². The van der Waals surface area contributed by atoms with E-state index in [1.165, 1.54) is 12.8 Å². The van der Waals surface area contributed by atoms with Crippen molar-refractivity contribution in [3.63, 3.8) is 0 Å². The first kappa shape index (κ1) is 10.9. The number of likely N-dealkylation sites (N-methyl/N-ethyl adjacent to an activating group) is 1. The lowest BCUT2D eigenvalue weighted by atomic mass is 10.0. The van der Waals surface area contributed by atoms with E-state index in [1.54, 1.807) is 0 Å². The molecule has 1 aliphatic heterocycles. The van der Waals surface area contributed by atoms with Crippen molar-refractivity contribution < 1.29 is 9.53 Å². The van der Waals surface area contributed by atoms with E-state index in [1.807, 2.05) is 18.7 Å². The number of hydrogen-bond acceptors (Lipinski definition) is 3. The number of carbonyl (C=O) groups excluding carboxylic acids is 1. The average Bonchev–Trinajstić information content (AvgIpc) is 2.97. The van der Waals surface area contributed by atoms with E-state index in [4.69, 9.17) is 4.74 Å². The Morgan fingerprint density at radius 2 is 2.20 bits per heavy atom. The SMILES string of the molecule is CCN(C(=O)COC1(C)CNC1)C1CC1. The van der Waals surface area contributed by atoms with Crippen LogP contribution in [0, 0.1) is 0 Å². The van der Waals surface area contributed by atoms with E-state index in [0.29, 0.717) is 6.04 Å². The van der Waals surface area contributed by atoms with Crippen LogP contribution in [0.2, 0.25) is 0 Å². The molecule has 0 aromatic rings. The van der Waals surface area contributed by atoms with Crippen LogP contribution >= 0.6 is 0 Å².